The summed E-state index contributed by atoms with van der Waals surface area (Å²) in [6, 6.07) is 3.89. The maximum absolute atomic E-state index is 10.7. The van der Waals surface area contributed by atoms with Crippen molar-refractivity contribution < 1.29 is 9.84 Å². The zero-order chi connectivity index (χ0) is 18.1. The summed E-state index contributed by atoms with van der Waals surface area (Å²) < 4.78 is 7.22. The van der Waals surface area contributed by atoms with Crippen molar-refractivity contribution in [1.82, 2.24) is 9.97 Å². The number of ether oxygens (including phenoxy) is 1. The zero-order valence-electron chi connectivity index (χ0n) is 15.1. The van der Waals surface area contributed by atoms with Crippen molar-refractivity contribution in [2.45, 2.75) is 39.9 Å². The zero-order valence-corrected chi connectivity index (χ0v) is 15.9. The van der Waals surface area contributed by atoms with Gasteiger partial charge in [-0.1, -0.05) is 17.4 Å². The fraction of sp³-hybridized carbons (Fsp3) is 0.368. The monoisotopic (exact) mass is 357 g/mol. The van der Waals surface area contributed by atoms with Gasteiger partial charge in [-0.25, -0.2) is 4.98 Å². The van der Waals surface area contributed by atoms with E-state index in [0.29, 0.717) is 5.75 Å². The average molecular weight is 357 g/mol. The van der Waals surface area contributed by atoms with Gasteiger partial charge in [-0.2, -0.15) is 0 Å². The molecule has 0 bridgehead atoms. The standard InChI is InChI=1S/C19H23N3O2S/c1-10(2)24-17(13-7-6-8-21-9-13)14-11(3)16(23)12(4)18-15(14)22-19(20-5)25-18/h6-10,17,23H,1-5H3,(H,20,22). The van der Waals surface area contributed by atoms with E-state index in [1.54, 1.807) is 12.4 Å². The number of pyridine rings is 1. The van der Waals surface area contributed by atoms with E-state index < -0.39 is 0 Å². The second-order valence-electron chi connectivity index (χ2n) is 6.31. The Morgan fingerprint density at radius 2 is 2.00 bits per heavy atom. The van der Waals surface area contributed by atoms with Crippen LogP contribution in [0.4, 0.5) is 5.13 Å². The summed E-state index contributed by atoms with van der Waals surface area (Å²) in [6.07, 6.45) is 3.23. The molecule has 6 heteroatoms. The Labute approximate surface area is 151 Å². The topological polar surface area (TPSA) is 67.3 Å². The van der Waals surface area contributed by atoms with E-state index in [4.69, 9.17) is 9.72 Å². The second-order valence-corrected chi connectivity index (χ2v) is 7.31. The molecule has 2 aromatic heterocycles. The Hall–Kier alpha value is -2.18. The number of aryl methyl sites for hydroxylation is 1. The van der Waals surface area contributed by atoms with Crippen LogP contribution >= 0.6 is 11.3 Å². The molecule has 3 rings (SSSR count). The van der Waals surface area contributed by atoms with Gasteiger partial charge in [0.2, 0.25) is 0 Å². The maximum atomic E-state index is 10.7. The molecule has 1 aromatic carbocycles. The molecule has 2 N–H and O–H groups in total. The third kappa shape index (κ3) is 3.19. The summed E-state index contributed by atoms with van der Waals surface area (Å²) in [5, 5.41) is 14.6. The molecule has 1 unspecified atom stereocenters. The molecule has 0 saturated heterocycles. The van der Waals surface area contributed by atoms with Gasteiger partial charge >= 0.3 is 0 Å². The summed E-state index contributed by atoms with van der Waals surface area (Å²) in [4.78, 5) is 8.98. The highest BCUT2D eigenvalue weighted by Crippen LogP contribution is 2.43. The van der Waals surface area contributed by atoms with Gasteiger partial charge in [0, 0.05) is 36.1 Å². The van der Waals surface area contributed by atoms with Crippen molar-refractivity contribution >= 4 is 26.7 Å². The molecular weight excluding hydrogens is 334 g/mol. The van der Waals surface area contributed by atoms with Crippen LogP contribution in [0.3, 0.4) is 0 Å². The number of nitrogens with one attached hydrogen (secondary N) is 1. The van der Waals surface area contributed by atoms with Crippen molar-refractivity contribution in [2.75, 3.05) is 12.4 Å². The van der Waals surface area contributed by atoms with Crippen LogP contribution in [0.5, 0.6) is 5.75 Å². The van der Waals surface area contributed by atoms with E-state index >= 15 is 0 Å². The number of phenolic OH excluding ortho intramolecular Hbond substituents is 1. The number of rotatable bonds is 5. The molecule has 2 heterocycles. The number of phenols is 1. The molecule has 0 spiro atoms. The lowest BCUT2D eigenvalue weighted by atomic mass is 9.94. The average Bonchev–Trinajstić information content (AvgIpc) is 3.04. The van der Waals surface area contributed by atoms with Gasteiger partial charge in [-0.05, 0) is 39.3 Å². The van der Waals surface area contributed by atoms with Gasteiger partial charge in [-0.15, -0.1) is 0 Å². The van der Waals surface area contributed by atoms with Crippen molar-refractivity contribution in [2.24, 2.45) is 0 Å². The molecule has 132 valence electrons. The minimum atomic E-state index is -0.338. The first-order valence-corrected chi connectivity index (χ1v) is 9.11. The van der Waals surface area contributed by atoms with E-state index in [9.17, 15) is 5.11 Å². The van der Waals surface area contributed by atoms with Crippen LogP contribution in [0.25, 0.3) is 10.2 Å². The molecular formula is C19H23N3O2S. The van der Waals surface area contributed by atoms with Gasteiger partial charge in [0.15, 0.2) is 5.13 Å². The highest BCUT2D eigenvalue weighted by molar-refractivity contribution is 7.22. The molecule has 0 aliphatic rings. The number of aromatic nitrogens is 2. The lowest BCUT2D eigenvalue weighted by Gasteiger charge is -2.24. The van der Waals surface area contributed by atoms with Gasteiger partial charge in [-0.3, -0.25) is 4.98 Å². The third-order valence-electron chi connectivity index (χ3n) is 4.21. The van der Waals surface area contributed by atoms with Crippen molar-refractivity contribution in [3.63, 3.8) is 0 Å². The Kier molecular flexibility index (Phi) is 4.92. The highest BCUT2D eigenvalue weighted by Gasteiger charge is 2.26. The maximum Gasteiger partial charge on any atom is 0.183 e. The Morgan fingerprint density at radius 3 is 2.60 bits per heavy atom. The van der Waals surface area contributed by atoms with E-state index in [1.807, 2.05) is 46.9 Å². The van der Waals surface area contributed by atoms with Gasteiger partial charge in [0.25, 0.3) is 0 Å². The first kappa shape index (κ1) is 17.6. The largest absolute Gasteiger partial charge is 0.507 e. The number of fused-ring (bicyclic) bond motifs is 1. The van der Waals surface area contributed by atoms with Crippen LogP contribution in [0.15, 0.2) is 24.5 Å². The lowest BCUT2D eigenvalue weighted by molar-refractivity contribution is 0.0305. The summed E-state index contributed by atoms with van der Waals surface area (Å²) in [6.45, 7) is 7.85. The fourth-order valence-corrected chi connectivity index (χ4v) is 3.93. The fourth-order valence-electron chi connectivity index (χ4n) is 3.00. The van der Waals surface area contributed by atoms with Crippen LogP contribution in [0.2, 0.25) is 0 Å². The normalized spacial score (nSPS) is 12.7. The molecule has 5 nitrogen and oxygen atoms in total. The minimum Gasteiger partial charge on any atom is -0.507 e. The van der Waals surface area contributed by atoms with Gasteiger partial charge < -0.3 is 15.2 Å². The van der Waals surface area contributed by atoms with Crippen molar-refractivity contribution in [1.29, 1.82) is 0 Å². The SMILES string of the molecule is CNc1nc2c(C(OC(C)C)c3cccnc3)c(C)c(O)c(C)c2s1. The lowest BCUT2D eigenvalue weighted by Crippen LogP contribution is -2.14. The number of thiazole rings is 1. The van der Waals surface area contributed by atoms with E-state index in [2.05, 4.69) is 10.3 Å². The first-order valence-electron chi connectivity index (χ1n) is 8.29. The molecule has 0 saturated carbocycles. The molecule has 0 radical (unpaired) electrons. The molecule has 0 aliphatic heterocycles. The Morgan fingerprint density at radius 1 is 1.24 bits per heavy atom. The van der Waals surface area contributed by atoms with Crippen LogP contribution in [-0.2, 0) is 4.74 Å². The summed E-state index contributed by atoms with van der Waals surface area (Å²) in [5.41, 5.74) is 4.37. The minimum absolute atomic E-state index is 0.0190. The summed E-state index contributed by atoms with van der Waals surface area (Å²) in [7, 11) is 1.85. The van der Waals surface area contributed by atoms with Crippen LogP contribution < -0.4 is 5.32 Å². The summed E-state index contributed by atoms with van der Waals surface area (Å²) >= 11 is 1.54. The second kappa shape index (κ2) is 6.98. The molecule has 0 aliphatic carbocycles. The first-order chi connectivity index (χ1) is 11.9. The highest BCUT2D eigenvalue weighted by atomic mass is 32.1. The number of nitrogens with zero attached hydrogens (tertiary/aromatic N) is 2. The predicted octanol–water partition coefficient (Wildman–Crippen LogP) is 4.57. The van der Waals surface area contributed by atoms with Crippen LogP contribution in [0, 0.1) is 13.8 Å². The number of anilines is 1. The smallest absolute Gasteiger partial charge is 0.183 e. The Balaban J connectivity index is 2.32. The number of hydrogen-bond donors (Lipinski definition) is 2. The molecule has 0 fully saturated rings. The predicted molar refractivity (Wildman–Crippen MR) is 103 cm³/mol. The third-order valence-corrected chi connectivity index (χ3v) is 5.40. The number of aromatic hydroxyl groups is 1. The number of benzene rings is 1. The molecule has 0 amide bonds. The molecule has 25 heavy (non-hydrogen) atoms. The van der Waals surface area contributed by atoms with Gasteiger partial charge in [0.1, 0.15) is 11.9 Å². The molecule has 3 aromatic rings. The van der Waals surface area contributed by atoms with Gasteiger partial charge in [0.05, 0.1) is 16.3 Å². The van der Waals surface area contributed by atoms with Crippen LogP contribution in [0.1, 0.15) is 42.2 Å². The van der Waals surface area contributed by atoms with Crippen molar-refractivity contribution in [3.05, 3.63) is 46.8 Å². The number of hydrogen-bond acceptors (Lipinski definition) is 6. The van der Waals surface area contributed by atoms with E-state index in [0.717, 1.165) is 37.6 Å². The quantitative estimate of drug-likeness (QED) is 0.700. The molecule has 1 atom stereocenters. The summed E-state index contributed by atoms with van der Waals surface area (Å²) in [5.74, 6) is 0.301. The van der Waals surface area contributed by atoms with Crippen LogP contribution in [-0.4, -0.2) is 28.2 Å². The van der Waals surface area contributed by atoms with E-state index in [1.165, 1.54) is 11.3 Å². The Bertz CT molecular complexity index is 891. The van der Waals surface area contributed by atoms with E-state index in [-0.39, 0.29) is 12.2 Å². The van der Waals surface area contributed by atoms with Crippen molar-refractivity contribution in [3.8, 4) is 5.75 Å².